The van der Waals surface area contributed by atoms with Crippen molar-refractivity contribution in [2.45, 2.75) is 6.92 Å². The Bertz CT molecular complexity index is 784. The predicted molar refractivity (Wildman–Crippen MR) is 88.3 cm³/mol. The van der Waals surface area contributed by atoms with E-state index in [0.717, 1.165) is 26.5 Å². The van der Waals surface area contributed by atoms with Crippen molar-refractivity contribution in [2.75, 3.05) is 11.1 Å². The van der Waals surface area contributed by atoms with E-state index >= 15 is 0 Å². The van der Waals surface area contributed by atoms with E-state index in [0.29, 0.717) is 11.5 Å². The van der Waals surface area contributed by atoms with Gasteiger partial charge in [0.15, 0.2) is 5.82 Å². The molecule has 0 aliphatic carbocycles. The van der Waals surface area contributed by atoms with Crippen LogP contribution >= 0.6 is 15.9 Å². The third-order valence-corrected chi connectivity index (χ3v) is 3.87. The molecule has 0 aliphatic heterocycles. The third-order valence-electron chi connectivity index (χ3n) is 3.18. The van der Waals surface area contributed by atoms with Crippen molar-refractivity contribution in [1.82, 2.24) is 4.98 Å². The number of fused-ring (bicyclic) bond motifs is 1. The Morgan fingerprint density at radius 2 is 1.85 bits per heavy atom. The Balaban J connectivity index is 2.09. The molecule has 0 saturated carbocycles. The molecular weight excluding hydrogens is 314 g/mol. The van der Waals surface area contributed by atoms with Crippen LogP contribution in [0.2, 0.25) is 0 Å². The number of nitrogens with one attached hydrogen (secondary N) is 1. The number of benzene rings is 2. The highest BCUT2D eigenvalue weighted by Gasteiger charge is 2.06. The average Bonchev–Trinajstić information content (AvgIpc) is 2.45. The van der Waals surface area contributed by atoms with Crippen molar-refractivity contribution in [3.05, 3.63) is 58.7 Å². The highest BCUT2D eigenvalue weighted by Crippen LogP contribution is 2.32. The van der Waals surface area contributed by atoms with Gasteiger partial charge in [-0.15, -0.1) is 0 Å². The molecule has 3 aromatic rings. The molecule has 0 bridgehead atoms. The van der Waals surface area contributed by atoms with Gasteiger partial charge in [-0.05, 0) is 36.1 Å². The molecule has 0 amide bonds. The van der Waals surface area contributed by atoms with Crippen molar-refractivity contribution in [2.24, 2.45) is 0 Å². The Morgan fingerprint density at radius 1 is 1.10 bits per heavy atom. The normalized spacial score (nSPS) is 10.7. The maximum atomic E-state index is 6.01. The van der Waals surface area contributed by atoms with Gasteiger partial charge in [0.25, 0.3) is 0 Å². The second-order valence-corrected chi connectivity index (χ2v) is 5.57. The van der Waals surface area contributed by atoms with E-state index in [1.54, 1.807) is 6.20 Å². The summed E-state index contributed by atoms with van der Waals surface area (Å²) in [7, 11) is 0. The lowest BCUT2D eigenvalue weighted by atomic mass is 10.1. The van der Waals surface area contributed by atoms with Gasteiger partial charge < -0.3 is 11.1 Å². The second kappa shape index (κ2) is 5.13. The zero-order chi connectivity index (χ0) is 14.1. The van der Waals surface area contributed by atoms with E-state index in [4.69, 9.17) is 5.73 Å². The van der Waals surface area contributed by atoms with Crippen LogP contribution < -0.4 is 11.1 Å². The minimum atomic E-state index is 0.650. The smallest absolute Gasteiger partial charge is 0.153 e. The van der Waals surface area contributed by atoms with Crippen LogP contribution in [0.5, 0.6) is 0 Å². The molecule has 3 nitrogen and oxygen atoms in total. The lowest BCUT2D eigenvalue weighted by molar-refractivity contribution is 1.26. The maximum absolute atomic E-state index is 6.01. The summed E-state index contributed by atoms with van der Waals surface area (Å²) in [5.41, 5.74) is 8.70. The van der Waals surface area contributed by atoms with Crippen LogP contribution in [0.15, 0.2) is 53.1 Å². The molecule has 1 heterocycles. The summed E-state index contributed by atoms with van der Waals surface area (Å²) >= 11 is 3.57. The van der Waals surface area contributed by atoms with E-state index in [2.05, 4.69) is 38.4 Å². The summed E-state index contributed by atoms with van der Waals surface area (Å²) in [6.45, 7) is 1.97. The first-order valence-corrected chi connectivity index (χ1v) is 7.11. The van der Waals surface area contributed by atoms with Gasteiger partial charge in [0, 0.05) is 21.7 Å². The molecular formula is C16H14BrN3. The number of rotatable bonds is 2. The molecule has 4 heteroatoms. The van der Waals surface area contributed by atoms with E-state index in [1.165, 1.54) is 0 Å². The fourth-order valence-electron chi connectivity index (χ4n) is 2.20. The molecule has 0 fully saturated rings. The number of nitrogens with zero attached hydrogens (tertiary/aromatic N) is 1. The summed E-state index contributed by atoms with van der Waals surface area (Å²) in [6.07, 6.45) is 1.81. The number of nitrogens with two attached hydrogens (primary N) is 1. The van der Waals surface area contributed by atoms with Gasteiger partial charge in [-0.3, -0.25) is 0 Å². The fraction of sp³-hybridized carbons (Fsp3) is 0.0625. The molecule has 0 spiro atoms. The monoisotopic (exact) mass is 327 g/mol. The van der Waals surface area contributed by atoms with Crippen LogP contribution in [0.4, 0.5) is 17.2 Å². The Labute approximate surface area is 126 Å². The number of halogens is 1. The maximum Gasteiger partial charge on any atom is 0.153 e. The van der Waals surface area contributed by atoms with Crippen LogP contribution in [0.25, 0.3) is 10.8 Å². The minimum Gasteiger partial charge on any atom is -0.396 e. The lowest BCUT2D eigenvalue weighted by Gasteiger charge is -2.12. The average molecular weight is 328 g/mol. The number of hydrogen-bond acceptors (Lipinski definition) is 3. The van der Waals surface area contributed by atoms with Crippen molar-refractivity contribution < 1.29 is 0 Å². The van der Waals surface area contributed by atoms with Crippen LogP contribution in [-0.4, -0.2) is 4.98 Å². The minimum absolute atomic E-state index is 0.650. The fourth-order valence-corrected chi connectivity index (χ4v) is 2.67. The summed E-state index contributed by atoms with van der Waals surface area (Å²) in [5, 5.41) is 5.60. The van der Waals surface area contributed by atoms with E-state index in [-0.39, 0.29) is 0 Å². The molecule has 0 aliphatic rings. The van der Waals surface area contributed by atoms with E-state index in [1.807, 2.05) is 37.3 Å². The third kappa shape index (κ3) is 2.34. The molecule has 0 unspecified atom stereocenters. The van der Waals surface area contributed by atoms with Crippen LogP contribution in [0, 0.1) is 6.92 Å². The highest BCUT2D eigenvalue weighted by atomic mass is 79.9. The predicted octanol–water partition coefficient (Wildman–Crippen LogP) is 4.63. The van der Waals surface area contributed by atoms with Gasteiger partial charge in [-0.25, -0.2) is 4.98 Å². The van der Waals surface area contributed by atoms with E-state index < -0.39 is 0 Å². The summed E-state index contributed by atoms with van der Waals surface area (Å²) < 4.78 is 1.07. The van der Waals surface area contributed by atoms with Crippen molar-refractivity contribution in [3.63, 3.8) is 0 Å². The van der Waals surface area contributed by atoms with Crippen molar-refractivity contribution >= 4 is 43.9 Å². The first kappa shape index (κ1) is 12.9. The van der Waals surface area contributed by atoms with Crippen molar-refractivity contribution in [3.8, 4) is 0 Å². The quantitative estimate of drug-likeness (QED) is 0.721. The molecule has 0 atom stereocenters. The Kier molecular flexibility index (Phi) is 3.32. The first-order chi connectivity index (χ1) is 9.65. The second-order valence-electron chi connectivity index (χ2n) is 4.72. The van der Waals surface area contributed by atoms with Gasteiger partial charge in [0.05, 0.1) is 5.69 Å². The lowest BCUT2D eigenvalue weighted by Crippen LogP contribution is -2.00. The summed E-state index contributed by atoms with van der Waals surface area (Å²) in [5.74, 6) is 0.683. The molecule has 3 rings (SSSR count). The molecule has 1 aromatic heterocycles. The number of hydrogen-bond donors (Lipinski definition) is 2. The largest absolute Gasteiger partial charge is 0.396 e. The van der Waals surface area contributed by atoms with Crippen molar-refractivity contribution in [1.29, 1.82) is 0 Å². The molecule has 2 aromatic carbocycles. The number of anilines is 3. The molecule has 0 radical (unpaired) electrons. The van der Waals surface area contributed by atoms with Gasteiger partial charge >= 0.3 is 0 Å². The molecule has 3 N–H and O–H groups in total. The number of pyridine rings is 1. The molecule has 20 heavy (non-hydrogen) atoms. The summed E-state index contributed by atoms with van der Waals surface area (Å²) in [6, 6.07) is 14.2. The van der Waals surface area contributed by atoms with Gasteiger partial charge in [-0.1, -0.05) is 40.2 Å². The highest BCUT2D eigenvalue weighted by molar-refractivity contribution is 9.10. The molecule has 0 saturated heterocycles. The first-order valence-electron chi connectivity index (χ1n) is 6.31. The van der Waals surface area contributed by atoms with Gasteiger partial charge in [0.2, 0.25) is 0 Å². The zero-order valence-corrected chi connectivity index (χ0v) is 12.6. The standard InChI is InChI=1S/C16H14BrN3/c1-10-8-14(18)16(19-9-10)20-15-7-6-13(17)11-4-2-3-5-12(11)15/h2-9H,18H2,1H3,(H,19,20). The SMILES string of the molecule is Cc1cnc(Nc2ccc(Br)c3ccccc23)c(N)c1. The Morgan fingerprint density at radius 3 is 2.60 bits per heavy atom. The van der Waals surface area contributed by atoms with Crippen LogP contribution in [-0.2, 0) is 0 Å². The van der Waals surface area contributed by atoms with Gasteiger partial charge in [-0.2, -0.15) is 0 Å². The number of nitrogen functional groups attached to an aromatic ring is 1. The molecule has 100 valence electrons. The van der Waals surface area contributed by atoms with Crippen LogP contribution in [0.1, 0.15) is 5.56 Å². The van der Waals surface area contributed by atoms with E-state index in [9.17, 15) is 0 Å². The Hall–Kier alpha value is -2.07. The summed E-state index contributed by atoms with van der Waals surface area (Å²) in [4.78, 5) is 4.35. The van der Waals surface area contributed by atoms with Crippen LogP contribution in [0.3, 0.4) is 0 Å². The number of aromatic nitrogens is 1. The van der Waals surface area contributed by atoms with Gasteiger partial charge in [0.1, 0.15) is 0 Å². The number of aryl methyl sites for hydroxylation is 1. The zero-order valence-electron chi connectivity index (χ0n) is 11.0. The topological polar surface area (TPSA) is 50.9 Å².